The van der Waals surface area contributed by atoms with Crippen molar-refractivity contribution >= 4 is 5.91 Å². The molecule has 0 radical (unpaired) electrons. The molecule has 170 valence electrons. The maximum Gasteiger partial charge on any atom is 0.251 e. The van der Waals surface area contributed by atoms with Crippen LogP contribution in [0.5, 0.6) is 0 Å². The predicted molar refractivity (Wildman–Crippen MR) is 132 cm³/mol. The number of likely N-dealkylation sites (N-methyl/N-ethyl adjacent to an activating group) is 1. The highest BCUT2D eigenvalue weighted by atomic mass is 16.3. The van der Waals surface area contributed by atoms with Gasteiger partial charge in [0.25, 0.3) is 5.91 Å². The lowest BCUT2D eigenvalue weighted by atomic mass is 9.88. The maximum atomic E-state index is 12.2. The molecule has 2 aliphatic rings. The number of hydrogen-bond acceptors (Lipinski definition) is 3. The summed E-state index contributed by atoms with van der Waals surface area (Å²) < 4.78 is 0. The SMILES string of the molecule is CC1=C(C)Cc2ccccc2C1.CCN1CCC=C(CNC(=O)c2ccccc2CO)C1. The van der Waals surface area contributed by atoms with Crippen LogP contribution in [0.3, 0.4) is 0 Å². The van der Waals surface area contributed by atoms with Gasteiger partial charge in [0.1, 0.15) is 0 Å². The van der Waals surface area contributed by atoms with Crippen LogP contribution in [0.4, 0.5) is 0 Å². The van der Waals surface area contributed by atoms with E-state index in [-0.39, 0.29) is 12.5 Å². The number of aliphatic hydroxyl groups excluding tert-OH is 1. The molecule has 0 saturated heterocycles. The van der Waals surface area contributed by atoms with Crippen molar-refractivity contribution in [3.63, 3.8) is 0 Å². The first-order chi connectivity index (χ1) is 15.5. The van der Waals surface area contributed by atoms with Crippen LogP contribution in [-0.2, 0) is 19.4 Å². The summed E-state index contributed by atoms with van der Waals surface area (Å²) in [5.41, 5.74) is 8.60. The molecule has 0 aromatic heterocycles. The number of nitrogens with one attached hydrogen (secondary N) is 1. The molecule has 2 aromatic carbocycles. The zero-order valence-electron chi connectivity index (χ0n) is 19.7. The van der Waals surface area contributed by atoms with E-state index in [1.165, 1.54) is 16.7 Å². The Balaban J connectivity index is 0.000000204. The first-order valence-corrected chi connectivity index (χ1v) is 11.6. The van der Waals surface area contributed by atoms with Crippen LogP contribution in [0.2, 0.25) is 0 Å². The van der Waals surface area contributed by atoms with Crippen molar-refractivity contribution in [2.75, 3.05) is 26.2 Å². The summed E-state index contributed by atoms with van der Waals surface area (Å²) in [6.07, 6.45) is 5.57. The van der Waals surface area contributed by atoms with E-state index in [1.807, 2.05) is 12.1 Å². The molecule has 0 fully saturated rings. The van der Waals surface area contributed by atoms with E-state index in [0.717, 1.165) is 38.9 Å². The summed E-state index contributed by atoms with van der Waals surface area (Å²) in [7, 11) is 0. The van der Waals surface area contributed by atoms with Crippen molar-refractivity contribution in [1.29, 1.82) is 0 Å². The molecule has 4 rings (SSSR count). The lowest BCUT2D eigenvalue weighted by Gasteiger charge is -2.26. The van der Waals surface area contributed by atoms with Crippen molar-refractivity contribution < 1.29 is 9.90 Å². The largest absolute Gasteiger partial charge is 0.392 e. The second-order valence-corrected chi connectivity index (χ2v) is 8.70. The van der Waals surface area contributed by atoms with Gasteiger partial charge in [0.15, 0.2) is 0 Å². The van der Waals surface area contributed by atoms with Crippen LogP contribution in [0, 0.1) is 0 Å². The first kappa shape index (κ1) is 24.0. The number of carbonyl (C=O) groups is 1. The minimum absolute atomic E-state index is 0.115. The molecule has 2 N–H and O–H groups in total. The van der Waals surface area contributed by atoms with Crippen molar-refractivity contribution in [3.05, 3.63) is 93.6 Å². The summed E-state index contributed by atoms with van der Waals surface area (Å²) >= 11 is 0. The highest BCUT2D eigenvalue weighted by Gasteiger charge is 2.14. The summed E-state index contributed by atoms with van der Waals surface area (Å²) in [4.78, 5) is 14.5. The molecule has 0 saturated carbocycles. The van der Waals surface area contributed by atoms with Crippen molar-refractivity contribution in [2.45, 2.75) is 46.6 Å². The molecule has 1 aliphatic carbocycles. The van der Waals surface area contributed by atoms with Crippen LogP contribution >= 0.6 is 0 Å². The standard InChI is InChI=1S/C16H22N2O2.C12H14/c1-2-18-9-5-6-13(11-18)10-17-16(20)15-8-4-3-7-14(15)12-19;1-9-7-11-5-3-4-6-12(11)8-10(9)2/h3-4,6-8,19H,2,5,9-12H2,1H3,(H,17,20);3-6H,7-8H2,1-2H3. The summed E-state index contributed by atoms with van der Waals surface area (Å²) in [5.74, 6) is -0.121. The zero-order chi connectivity index (χ0) is 22.9. The minimum atomic E-state index is -0.121. The van der Waals surface area contributed by atoms with Crippen molar-refractivity contribution in [2.24, 2.45) is 0 Å². The molecule has 4 heteroatoms. The second-order valence-electron chi connectivity index (χ2n) is 8.70. The molecule has 1 aliphatic heterocycles. The van der Waals surface area contributed by atoms with E-state index >= 15 is 0 Å². The van der Waals surface area contributed by atoms with Crippen LogP contribution < -0.4 is 5.32 Å². The molecule has 0 unspecified atom stereocenters. The minimum Gasteiger partial charge on any atom is -0.392 e. The molecular formula is C28H36N2O2. The Kier molecular flexibility index (Phi) is 8.83. The van der Waals surface area contributed by atoms with Crippen molar-refractivity contribution in [3.8, 4) is 0 Å². The van der Waals surface area contributed by atoms with Gasteiger partial charge in [0.05, 0.1) is 6.61 Å². The van der Waals surface area contributed by atoms with Gasteiger partial charge in [0, 0.05) is 25.2 Å². The highest BCUT2D eigenvalue weighted by molar-refractivity contribution is 5.95. The van der Waals surface area contributed by atoms with Gasteiger partial charge in [0.2, 0.25) is 0 Å². The van der Waals surface area contributed by atoms with Gasteiger partial charge in [-0.15, -0.1) is 0 Å². The third-order valence-electron chi connectivity index (χ3n) is 6.42. The fourth-order valence-electron chi connectivity index (χ4n) is 4.22. The second kappa shape index (κ2) is 11.8. The Morgan fingerprint density at radius 3 is 2.25 bits per heavy atom. The summed E-state index contributed by atoms with van der Waals surface area (Å²) in [6.45, 7) is 10.2. The third kappa shape index (κ3) is 6.41. The fraction of sp³-hybridized carbons (Fsp3) is 0.393. The Bertz CT molecular complexity index is 957. The Morgan fingerprint density at radius 1 is 1.00 bits per heavy atom. The monoisotopic (exact) mass is 432 g/mol. The molecule has 1 heterocycles. The number of benzene rings is 2. The first-order valence-electron chi connectivity index (χ1n) is 11.6. The molecule has 0 spiro atoms. The molecule has 1 amide bonds. The number of rotatable bonds is 5. The Morgan fingerprint density at radius 2 is 1.62 bits per heavy atom. The topological polar surface area (TPSA) is 52.6 Å². The van der Waals surface area contributed by atoms with E-state index < -0.39 is 0 Å². The molecule has 4 nitrogen and oxygen atoms in total. The average Bonchev–Trinajstić information content (AvgIpc) is 2.83. The average molecular weight is 433 g/mol. The van der Waals surface area contributed by atoms with Gasteiger partial charge in [-0.3, -0.25) is 9.69 Å². The van der Waals surface area contributed by atoms with Crippen molar-refractivity contribution in [1.82, 2.24) is 10.2 Å². The molecule has 32 heavy (non-hydrogen) atoms. The van der Waals surface area contributed by atoms with Gasteiger partial charge in [-0.25, -0.2) is 0 Å². The van der Waals surface area contributed by atoms with E-state index in [1.54, 1.807) is 23.3 Å². The fourth-order valence-corrected chi connectivity index (χ4v) is 4.22. The molecule has 0 atom stereocenters. The number of hydrogen-bond donors (Lipinski definition) is 2. The zero-order valence-corrected chi connectivity index (χ0v) is 19.7. The van der Waals surface area contributed by atoms with Gasteiger partial charge in [-0.2, -0.15) is 0 Å². The van der Waals surface area contributed by atoms with Gasteiger partial charge >= 0.3 is 0 Å². The maximum absolute atomic E-state index is 12.2. The predicted octanol–water partition coefficient (Wildman–Crippen LogP) is 4.68. The van der Waals surface area contributed by atoms with Crippen LogP contribution in [0.25, 0.3) is 0 Å². The number of carbonyl (C=O) groups excluding carboxylic acids is 1. The number of amides is 1. The van der Waals surface area contributed by atoms with E-state index in [4.69, 9.17) is 0 Å². The van der Waals surface area contributed by atoms with Crippen LogP contribution in [0.1, 0.15) is 54.2 Å². The van der Waals surface area contributed by atoms with Gasteiger partial charge in [-0.1, -0.05) is 66.6 Å². The number of allylic oxidation sites excluding steroid dienone is 2. The smallest absolute Gasteiger partial charge is 0.251 e. The Labute approximate surface area is 192 Å². The van der Waals surface area contributed by atoms with Crippen LogP contribution in [-0.4, -0.2) is 42.1 Å². The normalized spacial score (nSPS) is 15.9. The summed E-state index contributed by atoms with van der Waals surface area (Å²) in [6, 6.07) is 15.9. The number of nitrogens with zero attached hydrogens (tertiary/aromatic N) is 1. The van der Waals surface area contributed by atoms with Gasteiger partial charge < -0.3 is 10.4 Å². The number of aliphatic hydroxyl groups is 1. The lowest BCUT2D eigenvalue weighted by molar-refractivity contribution is 0.0953. The third-order valence-corrected chi connectivity index (χ3v) is 6.42. The Hall–Kier alpha value is -2.69. The molecule has 2 aromatic rings. The van der Waals surface area contributed by atoms with E-state index in [0.29, 0.717) is 17.7 Å². The molecule has 0 bridgehead atoms. The summed E-state index contributed by atoms with van der Waals surface area (Å²) in [5, 5.41) is 12.2. The molecular weight excluding hydrogens is 396 g/mol. The lowest BCUT2D eigenvalue weighted by Crippen LogP contribution is -2.35. The van der Waals surface area contributed by atoms with E-state index in [2.05, 4.69) is 61.3 Å². The highest BCUT2D eigenvalue weighted by Crippen LogP contribution is 2.24. The quantitative estimate of drug-likeness (QED) is 0.675. The number of fused-ring (bicyclic) bond motifs is 1. The van der Waals surface area contributed by atoms with Crippen LogP contribution in [0.15, 0.2) is 71.3 Å². The van der Waals surface area contributed by atoms with E-state index in [9.17, 15) is 9.90 Å². The van der Waals surface area contributed by atoms with Gasteiger partial charge in [-0.05, 0) is 68.0 Å².